The van der Waals surface area contributed by atoms with Crippen molar-refractivity contribution in [2.24, 2.45) is 17.8 Å². The molecule has 1 saturated carbocycles. The van der Waals surface area contributed by atoms with Gasteiger partial charge in [0.25, 0.3) is 0 Å². The summed E-state index contributed by atoms with van der Waals surface area (Å²) in [7, 11) is 3.30. The Hall–Kier alpha value is -2.73. The number of methoxy groups -OCH3 is 2. The summed E-state index contributed by atoms with van der Waals surface area (Å²) in [5.41, 5.74) is -0.127. The van der Waals surface area contributed by atoms with Crippen LogP contribution in [0.25, 0.3) is 0 Å². The first kappa shape index (κ1) is 43.4. The fourth-order valence-corrected chi connectivity index (χ4v) is 10.4. The van der Waals surface area contributed by atoms with Crippen LogP contribution in [0.4, 0.5) is 5.69 Å². The number of nitrogens with zero attached hydrogens (tertiary/aromatic N) is 2. The van der Waals surface area contributed by atoms with Crippen molar-refractivity contribution in [2.75, 3.05) is 31.4 Å². The highest BCUT2D eigenvalue weighted by molar-refractivity contribution is 8.00. The van der Waals surface area contributed by atoms with E-state index in [1.54, 1.807) is 26.6 Å². The summed E-state index contributed by atoms with van der Waals surface area (Å²) in [6.07, 6.45) is 10.2. The Morgan fingerprint density at radius 2 is 1.67 bits per heavy atom. The predicted octanol–water partition coefficient (Wildman–Crippen LogP) is 9.29. The molecule has 2 aliphatic heterocycles. The fraction of sp³-hybridized carbons (Fsp3) is 0.667. The van der Waals surface area contributed by atoms with Crippen molar-refractivity contribution in [2.45, 2.75) is 134 Å². The zero-order valence-corrected chi connectivity index (χ0v) is 35.7. The molecule has 3 fully saturated rings. The number of benzene rings is 1. The van der Waals surface area contributed by atoms with Crippen molar-refractivity contribution in [3.8, 4) is 11.5 Å². The van der Waals surface area contributed by atoms with Crippen LogP contribution in [-0.4, -0.2) is 77.9 Å². The monoisotopic (exact) mass is 820 g/mol. The number of pyridine rings is 1. The van der Waals surface area contributed by atoms with Crippen LogP contribution in [0, 0.1) is 17.8 Å². The van der Waals surface area contributed by atoms with Crippen LogP contribution in [0.15, 0.2) is 30.6 Å². The number of hydrogen-bond acceptors (Lipinski definition) is 11. The van der Waals surface area contributed by atoms with E-state index in [0.29, 0.717) is 66.1 Å². The van der Waals surface area contributed by atoms with E-state index in [9.17, 15) is 14.4 Å². The van der Waals surface area contributed by atoms with Gasteiger partial charge in [-0.3, -0.25) is 19.4 Å². The molecule has 3 heterocycles. The van der Waals surface area contributed by atoms with Crippen LogP contribution in [-0.2, 0) is 35.1 Å². The van der Waals surface area contributed by atoms with Gasteiger partial charge in [-0.2, -0.15) is 0 Å². The molecule has 0 spiro atoms. The van der Waals surface area contributed by atoms with E-state index in [4.69, 9.17) is 46.9 Å². The normalized spacial score (nSPS) is 29.6. The maximum absolute atomic E-state index is 14.1. The van der Waals surface area contributed by atoms with E-state index in [1.807, 2.05) is 52.8 Å². The number of ketones is 1. The quantitative estimate of drug-likeness (QED) is 0.191. The number of esters is 2. The van der Waals surface area contributed by atoms with Crippen LogP contribution in [0.5, 0.6) is 11.5 Å². The molecule has 7 atom stereocenters. The Morgan fingerprint density at radius 1 is 0.964 bits per heavy atom. The van der Waals surface area contributed by atoms with Gasteiger partial charge in [-0.25, -0.2) is 0 Å². The molecule has 2 saturated heterocycles. The molecule has 10 nitrogen and oxygen atoms in total. The van der Waals surface area contributed by atoms with Crippen LogP contribution >= 0.6 is 35.0 Å². The first-order valence-corrected chi connectivity index (χ1v) is 21.5. The highest BCUT2D eigenvalue weighted by Crippen LogP contribution is 2.48. The van der Waals surface area contributed by atoms with E-state index in [0.717, 1.165) is 49.8 Å². The molecule has 5 rings (SSSR count). The van der Waals surface area contributed by atoms with Gasteiger partial charge in [0.15, 0.2) is 17.1 Å². The summed E-state index contributed by atoms with van der Waals surface area (Å²) in [6, 6.07) is 5.86. The summed E-state index contributed by atoms with van der Waals surface area (Å²) in [4.78, 5) is 47.8. The number of thioether (sulfide) groups is 1. The molecule has 3 aliphatic rings. The smallest absolute Gasteiger partial charge is 0.320 e. The van der Waals surface area contributed by atoms with Crippen molar-refractivity contribution < 1.29 is 38.1 Å². The van der Waals surface area contributed by atoms with Gasteiger partial charge in [-0.05, 0) is 83.8 Å². The summed E-state index contributed by atoms with van der Waals surface area (Å²) in [6.45, 7) is 10.4. The lowest BCUT2D eigenvalue weighted by Gasteiger charge is -2.40. The first-order valence-electron chi connectivity index (χ1n) is 19.7. The standard InChI is InChI=1S/C42H58Cl2N2O8S/c1-8-36-42(5)37(27(3)33(47)17-19-41(4,51-7)18-11-12-26(2)39(48)53-36)38(40(49)54-42)55-21-20-46(25-30-31(43)23-45-24-32(30)44)28-15-16-34(50-6)35(22-28)52-29-13-9-10-14-29/h15-16,22-24,26-27,29,36-38H,8-14,17-21,25H2,1-7H3/t26?,27?,36-,37?,38?,41?,42-/m1/s1. The molecule has 1 aromatic carbocycles. The molecule has 0 N–H and O–H groups in total. The first-order chi connectivity index (χ1) is 26.2. The number of hydrogen-bond donors (Lipinski definition) is 0. The minimum atomic E-state index is -1.21. The highest BCUT2D eigenvalue weighted by Gasteiger charge is 2.60. The third-order valence-electron chi connectivity index (χ3n) is 12.1. The topological polar surface area (TPSA) is 113 Å². The Balaban J connectivity index is 1.44. The largest absolute Gasteiger partial charge is 0.493 e. The summed E-state index contributed by atoms with van der Waals surface area (Å²) in [5.74, 6) is -0.326. The van der Waals surface area contributed by atoms with Crippen LogP contribution in [0.3, 0.4) is 0 Å². The van der Waals surface area contributed by atoms with Crippen molar-refractivity contribution in [3.05, 3.63) is 46.2 Å². The molecule has 0 amide bonds. The maximum Gasteiger partial charge on any atom is 0.320 e. The van der Waals surface area contributed by atoms with E-state index in [-0.39, 0.29) is 23.8 Å². The number of halogens is 2. The van der Waals surface area contributed by atoms with Gasteiger partial charge in [0.05, 0.1) is 34.8 Å². The van der Waals surface area contributed by atoms with Gasteiger partial charge in [0, 0.05) is 73.9 Å². The minimum Gasteiger partial charge on any atom is -0.493 e. The number of cyclic esters (lactones) is 1. The maximum atomic E-state index is 14.1. The molecule has 5 unspecified atom stereocenters. The number of Topliss-reactive ketones (excluding diaryl/α,β-unsaturated/α-hetero) is 1. The highest BCUT2D eigenvalue weighted by atomic mass is 35.5. The summed E-state index contributed by atoms with van der Waals surface area (Å²) >= 11 is 14.7. The van der Waals surface area contributed by atoms with E-state index < -0.39 is 40.4 Å². The zero-order valence-electron chi connectivity index (χ0n) is 33.4. The molecular formula is C42H58Cl2N2O8S. The van der Waals surface area contributed by atoms with E-state index in [2.05, 4.69) is 9.88 Å². The lowest BCUT2D eigenvalue weighted by Crippen LogP contribution is -2.51. The van der Waals surface area contributed by atoms with E-state index in [1.165, 1.54) is 11.8 Å². The minimum absolute atomic E-state index is 0.0339. The second-order valence-corrected chi connectivity index (χ2v) is 17.9. The van der Waals surface area contributed by atoms with E-state index >= 15 is 0 Å². The van der Waals surface area contributed by atoms with Crippen molar-refractivity contribution in [1.29, 1.82) is 0 Å². The number of aromatic nitrogens is 1. The molecule has 2 aromatic rings. The van der Waals surface area contributed by atoms with Gasteiger partial charge in [0.1, 0.15) is 17.1 Å². The molecule has 304 valence electrons. The number of carbonyl (C=O) groups is 3. The zero-order chi connectivity index (χ0) is 39.9. The van der Waals surface area contributed by atoms with Crippen molar-refractivity contribution in [3.63, 3.8) is 0 Å². The third-order valence-corrected chi connectivity index (χ3v) is 14.0. The number of ether oxygens (including phenoxy) is 5. The van der Waals surface area contributed by atoms with Crippen LogP contribution in [0.1, 0.15) is 104 Å². The SMILES string of the molecule is CC[C@H]1OC(=O)C(C)CCCC(C)(OC)CCC(=O)C(C)C2C(SCCN(Cc3c(Cl)cncc3Cl)c3ccc(OC)c(OC4CCCC4)c3)C(=O)O[C@@]21C. The molecule has 1 aromatic heterocycles. The molecule has 0 bridgehead atoms. The Bertz CT molecular complexity index is 1640. The van der Waals surface area contributed by atoms with Gasteiger partial charge in [-0.1, -0.05) is 44.0 Å². The average molecular weight is 822 g/mol. The average Bonchev–Trinajstić information content (AvgIpc) is 3.77. The Labute approximate surface area is 341 Å². The number of rotatable bonds is 12. The number of anilines is 1. The number of carbonyl (C=O) groups excluding carboxylic acids is 3. The second-order valence-electron chi connectivity index (χ2n) is 15.8. The Morgan fingerprint density at radius 3 is 2.33 bits per heavy atom. The van der Waals surface area contributed by atoms with Crippen molar-refractivity contribution in [1.82, 2.24) is 4.98 Å². The molecule has 13 heteroatoms. The van der Waals surface area contributed by atoms with Gasteiger partial charge < -0.3 is 28.6 Å². The second kappa shape index (κ2) is 19.1. The van der Waals surface area contributed by atoms with Crippen molar-refractivity contribution >= 4 is 58.4 Å². The van der Waals surface area contributed by atoms with Gasteiger partial charge >= 0.3 is 11.9 Å². The fourth-order valence-electron chi connectivity index (χ4n) is 8.42. The van der Waals surface area contributed by atoms with Gasteiger partial charge in [0.2, 0.25) is 0 Å². The molecule has 55 heavy (non-hydrogen) atoms. The van der Waals surface area contributed by atoms with Gasteiger partial charge in [-0.15, -0.1) is 11.8 Å². The molecular weight excluding hydrogens is 763 g/mol. The van der Waals surface area contributed by atoms with Crippen LogP contribution in [0.2, 0.25) is 10.0 Å². The van der Waals surface area contributed by atoms with Crippen LogP contribution < -0.4 is 14.4 Å². The lowest BCUT2D eigenvalue weighted by atomic mass is 9.73. The lowest BCUT2D eigenvalue weighted by molar-refractivity contribution is -0.182. The number of fused-ring (bicyclic) bond motifs is 1. The predicted molar refractivity (Wildman–Crippen MR) is 217 cm³/mol. The third kappa shape index (κ3) is 10.2. The summed E-state index contributed by atoms with van der Waals surface area (Å²) < 4.78 is 30.5. The summed E-state index contributed by atoms with van der Waals surface area (Å²) in [5, 5.41) is 0.215. The molecule has 1 aliphatic carbocycles. The Kier molecular flexibility index (Phi) is 15.1. The molecule has 0 radical (unpaired) electrons.